The zero-order valence-corrected chi connectivity index (χ0v) is 21.5. The summed E-state index contributed by atoms with van der Waals surface area (Å²) in [4.78, 5) is 0. The second-order valence-electron chi connectivity index (χ2n) is 7.44. The first kappa shape index (κ1) is 25.3. The van der Waals surface area contributed by atoms with Crippen molar-refractivity contribution < 1.29 is 9.47 Å². The summed E-state index contributed by atoms with van der Waals surface area (Å²) in [6, 6.07) is 21.1. The first-order valence-electron chi connectivity index (χ1n) is 11.1. The molecule has 0 saturated carbocycles. The van der Waals surface area contributed by atoms with E-state index < -0.39 is 0 Å². The molecule has 4 aromatic rings. The highest BCUT2D eigenvalue weighted by molar-refractivity contribution is 7.99. The third-order valence-electron chi connectivity index (χ3n) is 5.01. The number of nitrogens with zero attached hydrogens (tertiary/aromatic N) is 4. The van der Waals surface area contributed by atoms with E-state index in [1.165, 1.54) is 0 Å². The zero-order valence-electron chi connectivity index (χ0n) is 19.2. The van der Waals surface area contributed by atoms with Gasteiger partial charge < -0.3 is 14.8 Å². The Morgan fingerprint density at radius 3 is 2.63 bits per heavy atom. The van der Waals surface area contributed by atoms with Crippen molar-refractivity contribution in [1.82, 2.24) is 25.5 Å². The van der Waals surface area contributed by atoms with Gasteiger partial charge in [0.1, 0.15) is 6.61 Å². The Kier molecular flexibility index (Phi) is 9.25. The summed E-state index contributed by atoms with van der Waals surface area (Å²) in [5, 5.41) is 17.4. The van der Waals surface area contributed by atoms with Crippen LogP contribution in [0.5, 0.6) is 11.5 Å². The third-order valence-corrected chi connectivity index (χ3v) is 6.52. The third kappa shape index (κ3) is 6.89. The van der Waals surface area contributed by atoms with Gasteiger partial charge in [0, 0.05) is 40.0 Å². The lowest BCUT2D eigenvalue weighted by molar-refractivity contribution is 0.266. The highest BCUT2D eigenvalue weighted by Gasteiger charge is 2.13. The summed E-state index contributed by atoms with van der Waals surface area (Å²) in [6.07, 6.45) is 0. The minimum absolute atomic E-state index is 0.311. The number of hydrogen-bond donors (Lipinski definition) is 1. The van der Waals surface area contributed by atoms with Gasteiger partial charge in [-0.2, -0.15) is 4.68 Å². The average molecular weight is 530 g/mol. The van der Waals surface area contributed by atoms with Crippen molar-refractivity contribution in [3.8, 4) is 17.2 Å². The number of benzene rings is 3. The molecule has 0 radical (unpaired) electrons. The van der Waals surface area contributed by atoms with Crippen LogP contribution in [-0.4, -0.2) is 39.1 Å². The number of aromatic nitrogens is 4. The van der Waals surface area contributed by atoms with Crippen LogP contribution in [0.3, 0.4) is 0 Å². The second kappa shape index (κ2) is 12.8. The number of nitrogens with one attached hydrogen (secondary N) is 1. The molecule has 0 fully saturated rings. The first-order valence-corrected chi connectivity index (χ1v) is 12.9. The Bertz CT molecular complexity index is 1240. The van der Waals surface area contributed by atoms with Crippen LogP contribution in [0.2, 0.25) is 10.0 Å². The Labute approximate surface area is 218 Å². The zero-order chi connectivity index (χ0) is 24.5. The molecular weight excluding hydrogens is 505 g/mol. The smallest absolute Gasteiger partial charge is 0.214 e. The molecule has 0 spiro atoms. The molecule has 182 valence electrons. The molecule has 0 atom stereocenters. The summed E-state index contributed by atoms with van der Waals surface area (Å²) in [5.74, 6) is 2.21. The fourth-order valence-corrected chi connectivity index (χ4v) is 4.61. The van der Waals surface area contributed by atoms with Crippen LogP contribution in [0.25, 0.3) is 5.69 Å². The summed E-state index contributed by atoms with van der Waals surface area (Å²) in [5.41, 5.74) is 2.79. The topological polar surface area (TPSA) is 74.1 Å². The Morgan fingerprint density at radius 1 is 0.971 bits per heavy atom. The van der Waals surface area contributed by atoms with Crippen LogP contribution in [-0.2, 0) is 13.2 Å². The monoisotopic (exact) mass is 529 g/mol. The van der Waals surface area contributed by atoms with Crippen molar-refractivity contribution in [2.75, 3.05) is 18.9 Å². The van der Waals surface area contributed by atoms with Crippen LogP contribution in [0.4, 0.5) is 0 Å². The average Bonchev–Trinajstić information content (AvgIpc) is 3.33. The first-order chi connectivity index (χ1) is 17.2. The van der Waals surface area contributed by atoms with E-state index in [4.69, 9.17) is 32.7 Å². The molecule has 0 aliphatic rings. The van der Waals surface area contributed by atoms with E-state index >= 15 is 0 Å². The van der Waals surface area contributed by atoms with E-state index in [1.54, 1.807) is 28.6 Å². The van der Waals surface area contributed by atoms with E-state index in [9.17, 15) is 0 Å². The number of rotatable bonds is 12. The molecule has 3 aromatic carbocycles. The van der Waals surface area contributed by atoms with Gasteiger partial charge >= 0.3 is 0 Å². The molecule has 4 rings (SSSR count). The van der Waals surface area contributed by atoms with Crippen molar-refractivity contribution in [2.45, 2.75) is 25.2 Å². The predicted molar refractivity (Wildman–Crippen MR) is 140 cm³/mol. The molecule has 0 unspecified atom stereocenters. The largest absolute Gasteiger partial charge is 0.490 e. The van der Waals surface area contributed by atoms with Crippen molar-refractivity contribution in [3.05, 3.63) is 87.9 Å². The maximum Gasteiger partial charge on any atom is 0.214 e. The number of ether oxygens (including phenoxy) is 2. The molecule has 1 heterocycles. The molecule has 0 amide bonds. The summed E-state index contributed by atoms with van der Waals surface area (Å²) in [7, 11) is 0. The van der Waals surface area contributed by atoms with Crippen molar-refractivity contribution >= 4 is 35.0 Å². The van der Waals surface area contributed by atoms with Crippen LogP contribution >= 0.6 is 35.0 Å². The van der Waals surface area contributed by atoms with Crippen LogP contribution in [0, 0.1) is 0 Å². The Balaban J connectivity index is 1.35. The number of thioether (sulfide) groups is 1. The van der Waals surface area contributed by atoms with Crippen molar-refractivity contribution in [1.29, 1.82) is 0 Å². The van der Waals surface area contributed by atoms with E-state index in [1.807, 2.05) is 61.5 Å². The Morgan fingerprint density at radius 2 is 1.83 bits per heavy atom. The van der Waals surface area contributed by atoms with Crippen LogP contribution < -0.4 is 14.8 Å². The van der Waals surface area contributed by atoms with E-state index in [0.717, 1.165) is 34.3 Å². The van der Waals surface area contributed by atoms with Gasteiger partial charge in [0.2, 0.25) is 5.16 Å². The van der Waals surface area contributed by atoms with Gasteiger partial charge in [-0.3, -0.25) is 0 Å². The van der Waals surface area contributed by atoms with Crippen molar-refractivity contribution in [3.63, 3.8) is 0 Å². The van der Waals surface area contributed by atoms with Crippen LogP contribution in [0.1, 0.15) is 18.1 Å². The van der Waals surface area contributed by atoms with Gasteiger partial charge in [0.15, 0.2) is 11.5 Å². The fourth-order valence-electron chi connectivity index (χ4n) is 3.36. The lowest BCUT2D eigenvalue weighted by Gasteiger charge is -2.17. The minimum Gasteiger partial charge on any atom is -0.490 e. The minimum atomic E-state index is 0.311. The molecule has 1 aromatic heterocycles. The number of halogens is 2. The summed E-state index contributed by atoms with van der Waals surface area (Å²) >= 11 is 13.9. The molecule has 10 heteroatoms. The predicted octanol–water partition coefficient (Wildman–Crippen LogP) is 5.83. The van der Waals surface area contributed by atoms with Gasteiger partial charge in [-0.25, -0.2) is 0 Å². The van der Waals surface area contributed by atoms with Crippen LogP contribution in [0.15, 0.2) is 71.9 Å². The summed E-state index contributed by atoms with van der Waals surface area (Å²) < 4.78 is 13.7. The lowest BCUT2D eigenvalue weighted by Crippen LogP contribution is -2.18. The van der Waals surface area contributed by atoms with Gasteiger partial charge in [0.05, 0.1) is 12.3 Å². The summed E-state index contributed by atoms with van der Waals surface area (Å²) in [6.45, 7) is 4.18. The van der Waals surface area contributed by atoms with Crippen molar-refractivity contribution in [2.24, 2.45) is 0 Å². The molecule has 0 aliphatic heterocycles. The number of para-hydroxylation sites is 2. The molecule has 7 nitrogen and oxygen atoms in total. The molecule has 0 aliphatic carbocycles. The SMILES string of the molecule is CCOc1cccc(CNCCSc2nnnn2-c2ccccc2)c1OCc1ccc(Cl)cc1Cl. The molecular formula is C25H25Cl2N5O2S. The fraction of sp³-hybridized carbons (Fsp3) is 0.240. The Hall–Kier alpha value is -2.78. The standard InChI is InChI=1S/C25H25Cl2N5O2S/c1-2-33-23-10-6-7-18(24(23)34-17-19-11-12-20(26)15-22(19)27)16-28-13-14-35-25-29-30-31-32(25)21-8-4-3-5-9-21/h3-12,15,28H,2,13-14,16-17H2,1H3. The second-order valence-corrected chi connectivity index (χ2v) is 9.34. The maximum absolute atomic E-state index is 6.32. The lowest BCUT2D eigenvalue weighted by atomic mass is 10.1. The molecule has 35 heavy (non-hydrogen) atoms. The molecule has 0 saturated heterocycles. The van der Waals surface area contributed by atoms with Gasteiger partial charge in [-0.1, -0.05) is 71.4 Å². The van der Waals surface area contributed by atoms with Gasteiger partial charge in [-0.05, 0) is 47.7 Å². The highest BCUT2D eigenvalue weighted by Crippen LogP contribution is 2.33. The van der Waals surface area contributed by atoms with E-state index in [0.29, 0.717) is 41.3 Å². The quantitative estimate of drug-likeness (QED) is 0.183. The normalized spacial score (nSPS) is 10.9. The van der Waals surface area contributed by atoms with E-state index in [-0.39, 0.29) is 0 Å². The van der Waals surface area contributed by atoms with Gasteiger partial charge in [0.25, 0.3) is 0 Å². The van der Waals surface area contributed by atoms with E-state index in [2.05, 4.69) is 20.8 Å². The number of hydrogen-bond acceptors (Lipinski definition) is 7. The van der Waals surface area contributed by atoms with Gasteiger partial charge in [-0.15, -0.1) is 5.10 Å². The highest BCUT2D eigenvalue weighted by atomic mass is 35.5. The molecule has 1 N–H and O–H groups in total. The maximum atomic E-state index is 6.32. The number of tetrazole rings is 1. The molecule has 0 bridgehead atoms.